The van der Waals surface area contributed by atoms with Crippen LogP contribution in [0, 0.1) is 5.92 Å². The molecule has 0 fully saturated rings. The molecule has 0 radical (unpaired) electrons. The first-order valence-corrected chi connectivity index (χ1v) is 9.56. The molecule has 0 aliphatic rings. The van der Waals surface area contributed by atoms with E-state index in [0.717, 1.165) is 0 Å². The van der Waals surface area contributed by atoms with Crippen molar-refractivity contribution >= 4 is 23.6 Å². The highest BCUT2D eigenvalue weighted by atomic mass is 16.3. The number of hydrogen-bond donors (Lipinski definition) is 6. The molecule has 0 bridgehead atoms. The van der Waals surface area contributed by atoms with E-state index >= 15 is 0 Å². The second kappa shape index (κ2) is 13.9. The van der Waals surface area contributed by atoms with E-state index < -0.39 is 42.5 Å². The quantitative estimate of drug-likeness (QED) is 0.203. The maximum atomic E-state index is 12.7. The normalized spacial score (nSPS) is 14.0. The molecule has 0 spiro atoms. The number of hydrogen-bond acceptors (Lipinski definition) is 6. The SMILES string of the molecule is CNC(=O)[C@@H](CC(C)C)NC(=O)[C@H](CCCCN)NC(=O)[C@@H](CO)NC(C)=O. The molecule has 0 heterocycles. The van der Waals surface area contributed by atoms with Crippen LogP contribution in [0.1, 0.15) is 46.5 Å². The third-order valence-corrected chi connectivity index (χ3v) is 4.04. The average Bonchev–Trinajstić information content (AvgIpc) is 2.63. The summed E-state index contributed by atoms with van der Waals surface area (Å²) in [7, 11) is 1.49. The van der Waals surface area contributed by atoms with Crippen LogP contribution in [0.2, 0.25) is 0 Å². The van der Waals surface area contributed by atoms with Gasteiger partial charge in [-0.3, -0.25) is 19.2 Å². The summed E-state index contributed by atoms with van der Waals surface area (Å²) < 4.78 is 0. The number of rotatable bonds is 13. The van der Waals surface area contributed by atoms with Gasteiger partial charge in [-0.25, -0.2) is 0 Å². The molecule has 0 aliphatic carbocycles. The monoisotopic (exact) mass is 401 g/mol. The Morgan fingerprint density at radius 2 is 1.46 bits per heavy atom. The number of aliphatic hydroxyl groups is 1. The molecule has 28 heavy (non-hydrogen) atoms. The fourth-order valence-electron chi connectivity index (χ4n) is 2.62. The van der Waals surface area contributed by atoms with Gasteiger partial charge in [-0.1, -0.05) is 13.8 Å². The maximum absolute atomic E-state index is 12.7. The summed E-state index contributed by atoms with van der Waals surface area (Å²) in [6.07, 6.45) is 2.02. The van der Waals surface area contributed by atoms with Gasteiger partial charge in [0.2, 0.25) is 23.6 Å². The Labute approximate surface area is 166 Å². The van der Waals surface area contributed by atoms with Gasteiger partial charge >= 0.3 is 0 Å². The molecular formula is C18H35N5O5. The fourth-order valence-corrected chi connectivity index (χ4v) is 2.62. The Kier molecular flexibility index (Phi) is 12.8. The number of unbranched alkanes of at least 4 members (excludes halogenated alkanes) is 1. The minimum absolute atomic E-state index is 0.173. The lowest BCUT2D eigenvalue weighted by Crippen LogP contribution is -2.57. The van der Waals surface area contributed by atoms with Crippen molar-refractivity contribution in [2.24, 2.45) is 11.7 Å². The number of aliphatic hydroxyl groups excluding tert-OH is 1. The van der Waals surface area contributed by atoms with Crippen LogP contribution in [0.15, 0.2) is 0 Å². The van der Waals surface area contributed by atoms with Gasteiger partial charge in [-0.2, -0.15) is 0 Å². The first kappa shape index (κ1) is 25.8. The van der Waals surface area contributed by atoms with Crippen molar-refractivity contribution in [2.75, 3.05) is 20.2 Å². The summed E-state index contributed by atoms with van der Waals surface area (Å²) in [4.78, 5) is 48.3. The molecule has 0 aromatic carbocycles. The molecule has 0 aromatic heterocycles. The first-order chi connectivity index (χ1) is 13.2. The van der Waals surface area contributed by atoms with E-state index in [9.17, 15) is 24.3 Å². The zero-order valence-electron chi connectivity index (χ0n) is 17.2. The van der Waals surface area contributed by atoms with Crippen molar-refractivity contribution < 1.29 is 24.3 Å². The molecule has 162 valence electrons. The van der Waals surface area contributed by atoms with Gasteiger partial charge < -0.3 is 32.1 Å². The predicted octanol–water partition coefficient (Wildman–Crippen LogP) is -1.63. The summed E-state index contributed by atoms with van der Waals surface area (Å²) in [6, 6.07) is -2.80. The molecule has 0 aliphatic heterocycles. The van der Waals surface area contributed by atoms with Crippen molar-refractivity contribution in [3.05, 3.63) is 0 Å². The molecule has 0 unspecified atom stereocenters. The minimum Gasteiger partial charge on any atom is -0.394 e. The first-order valence-electron chi connectivity index (χ1n) is 9.56. The van der Waals surface area contributed by atoms with E-state index in [1.807, 2.05) is 13.8 Å². The summed E-state index contributed by atoms with van der Waals surface area (Å²) in [5.41, 5.74) is 5.49. The van der Waals surface area contributed by atoms with Crippen molar-refractivity contribution in [3.8, 4) is 0 Å². The Balaban J connectivity index is 5.22. The third-order valence-electron chi connectivity index (χ3n) is 4.04. The zero-order chi connectivity index (χ0) is 21.7. The van der Waals surface area contributed by atoms with Gasteiger partial charge in [0.1, 0.15) is 18.1 Å². The molecule has 0 rings (SSSR count). The standard InChI is InChI=1S/C18H35N5O5/c1-11(2)9-14(16(26)20-4)23-17(27)13(7-5-6-8-19)22-18(28)15(10-24)21-12(3)25/h11,13-15,24H,5-10,19H2,1-4H3,(H,20,26)(H,21,25)(H,22,28)(H,23,27)/t13-,14+,15+/m0/s1. The molecule has 10 nitrogen and oxygen atoms in total. The van der Waals surface area contributed by atoms with E-state index in [1.54, 1.807) is 0 Å². The smallest absolute Gasteiger partial charge is 0.245 e. The van der Waals surface area contributed by atoms with E-state index in [4.69, 9.17) is 5.73 Å². The van der Waals surface area contributed by atoms with Gasteiger partial charge in [0.05, 0.1) is 6.61 Å². The highest BCUT2D eigenvalue weighted by Gasteiger charge is 2.28. The summed E-state index contributed by atoms with van der Waals surface area (Å²) in [5, 5.41) is 19.4. The van der Waals surface area contributed by atoms with Crippen LogP contribution < -0.4 is 27.0 Å². The van der Waals surface area contributed by atoms with Gasteiger partial charge in [0.15, 0.2) is 0 Å². The third kappa shape index (κ3) is 10.2. The number of carbonyl (C=O) groups is 4. The van der Waals surface area contributed by atoms with Crippen molar-refractivity contribution in [2.45, 2.75) is 64.6 Å². The highest BCUT2D eigenvalue weighted by Crippen LogP contribution is 2.07. The van der Waals surface area contributed by atoms with Crippen LogP contribution in [-0.2, 0) is 19.2 Å². The summed E-state index contributed by atoms with van der Waals surface area (Å²) >= 11 is 0. The lowest BCUT2D eigenvalue weighted by atomic mass is 10.0. The average molecular weight is 402 g/mol. The topological polar surface area (TPSA) is 163 Å². The second-order valence-electron chi connectivity index (χ2n) is 7.09. The number of nitrogens with one attached hydrogen (secondary N) is 4. The van der Waals surface area contributed by atoms with Crippen LogP contribution in [0.4, 0.5) is 0 Å². The highest BCUT2D eigenvalue weighted by molar-refractivity contribution is 5.94. The lowest BCUT2D eigenvalue weighted by Gasteiger charge is -2.25. The van der Waals surface area contributed by atoms with Crippen LogP contribution in [0.5, 0.6) is 0 Å². The molecule has 4 amide bonds. The van der Waals surface area contributed by atoms with Crippen LogP contribution in [0.3, 0.4) is 0 Å². The van der Waals surface area contributed by atoms with Crippen LogP contribution in [-0.4, -0.2) is 67.1 Å². The molecule has 0 saturated carbocycles. The van der Waals surface area contributed by atoms with E-state index in [0.29, 0.717) is 32.2 Å². The number of likely N-dealkylation sites (N-methyl/N-ethyl adjacent to an activating group) is 1. The number of amides is 4. The van der Waals surface area contributed by atoms with Gasteiger partial charge in [-0.05, 0) is 38.1 Å². The van der Waals surface area contributed by atoms with Crippen molar-refractivity contribution in [3.63, 3.8) is 0 Å². The fraction of sp³-hybridized carbons (Fsp3) is 0.778. The molecule has 3 atom stereocenters. The summed E-state index contributed by atoms with van der Waals surface area (Å²) in [5.74, 6) is -1.80. The van der Waals surface area contributed by atoms with E-state index in [2.05, 4.69) is 21.3 Å². The Hall–Kier alpha value is -2.20. The zero-order valence-corrected chi connectivity index (χ0v) is 17.2. The van der Waals surface area contributed by atoms with Crippen LogP contribution in [0.25, 0.3) is 0 Å². The van der Waals surface area contributed by atoms with E-state index in [-0.39, 0.29) is 11.8 Å². The minimum atomic E-state index is -1.16. The maximum Gasteiger partial charge on any atom is 0.245 e. The van der Waals surface area contributed by atoms with Gasteiger partial charge in [0, 0.05) is 14.0 Å². The van der Waals surface area contributed by atoms with Crippen molar-refractivity contribution in [1.82, 2.24) is 21.3 Å². The Bertz CT molecular complexity index is 526. The molecule has 0 saturated heterocycles. The second-order valence-corrected chi connectivity index (χ2v) is 7.09. The number of nitrogens with two attached hydrogens (primary N) is 1. The van der Waals surface area contributed by atoms with Crippen LogP contribution >= 0.6 is 0 Å². The lowest BCUT2D eigenvalue weighted by molar-refractivity contribution is -0.134. The van der Waals surface area contributed by atoms with E-state index in [1.165, 1.54) is 14.0 Å². The van der Waals surface area contributed by atoms with Gasteiger partial charge in [-0.15, -0.1) is 0 Å². The largest absolute Gasteiger partial charge is 0.394 e. The number of carbonyl (C=O) groups excluding carboxylic acids is 4. The summed E-state index contributed by atoms with van der Waals surface area (Å²) in [6.45, 7) is 4.93. The molecule has 10 heteroatoms. The molecular weight excluding hydrogens is 366 g/mol. The predicted molar refractivity (Wildman–Crippen MR) is 105 cm³/mol. The Morgan fingerprint density at radius 1 is 0.893 bits per heavy atom. The molecule has 0 aromatic rings. The van der Waals surface area contributed by atoms with Crippen molar-refractivity contribution in [1.29, 1.82) is 0 Å². The molecule has 7 N–H and O–H groups in total. The Morgan fingerprint density at radius 3 is 1.93 bits per heavy atom. The van der Waals surface area contributed by atoms with Gasteiger partial charge in [0.25, 0.3) is 0 Å².